The fourth-order valence-corrected chi connectivity index (χ4v) is 3.43. The lowest BCUT2D eigenvalue weighted by Crippen LogP contribution is -2.18. The number of alkyl halides is 3. The third-order valence-electron chi connectivity index (χ3n) is 4.03. The molecule has 0 bridgehead atoms. The Morgan fingerprint density at radius 1 is 1.22 bits per heavy atom. The van der Waals surface area contributed by atoms with E-state index < -0.39 is 35.2 Å². The number of anilines is 1. The third-order valence-corrected chi connectivity index (χ3v) is 4.84. The van der Waals surface area contributed by atoms with Crippen LogP contribution >= 0.6 is 11.3 Å². The summed E-state index contributed by atoms with van der Waals surface area (Å²) in [4.78, 5) is 39.2. The van der Waals surface area contributed by atoms with E-state index in [1.807, 2.05) is 0 Å². The average molecular weight is 467 g/mol. The van der Waals surface area contributed by atoms with Gasteiger partial charge < -0.3 is 10.5 Å². The molecule has 0 aliphatic heterocycles. The van der Waals surface area contributed by atoms with E-state index in [0.29, 0.717) is 10.4 Å². The summed E-state index contributed by atoms with van der Waals surface area (Å²) < 4.78 is 46.0. The van der Waals surface area contributed by atoms with Gasteiger partial charge in [0.15, 0.2) is 10.8 Å². The quantitative estimate of drug-likeness (QED) is 0.514. The van der Waals surface area contributed by atoms with Gasteiger partial charge >= 0.3 is 12.1 Å². The Bertz CT molecular complexity index is 1150. The Morgan fingerprint density at radius 3 is 2.50 bits per heavy atom. The minimum atomic E-state index is -4.87. The lowest BCUT2D eigenvalue weighted by atomic mass is 10.2. The second-order valence-electron chi connectivity index (χ2n) is 6.32. The van der Waals surface area contributed by atoms with Gasteiger partial charge in [-0.05, 0) is 31.2 Å². The van der Waals surface area contributed by atoms with Gasteiger partial charge in [-0.25, -0.2) is 14.5 Å². The number of halogens is 3. The molecule has 0 radical (unpaired) electrons. The minimum Gasteiger partial charge on any atom is -0.462 e. The molecule has 2 amide bonds. The molecule has 0 aliphatic carbocycles. The SMILES string of the molecule is CCOC(=O)c1cnn(-c2ccc(C(=O)Nc3nc(CC(N)=O)cs3)cc2)c1C(F)(F)F. The average Bonchev–Trinajstić information content (AvgIpc) is 3.34. The molecule has 2 aromatic heterocycles. The van der Waals surface area contributed by atoms with Crippen LogP contribution in [0.3, 0.4) is 0 Å². The summed E-state index contributed by atoms with van der Waals surface area (Å²) in [5, 5.41) is 8.01. The van der Waals surface area contributed by atoms with Crippen LogP contribution in [-0.2, 0) is 22.1 Å². The van der Waals surface area contributed by atoms with Crippen molar-refractivity contribution in [2.45, 2.75) is 19.5 Å². The standard InChI is InChI=1S/C19H16F3N5O4S/c1-2-31-17(30)13-8-24-27(15(13)19(20,21)22)12-5-3-10(4-6-12)16(29)26-18-25-11(9-32-18)7-14(23)28/h3-6,8-9H,2,7H2,1H3,(H2,23,28)(H,25,26,29). The Balaban J connectivity index is 1.82. The predicted octanol–water partition coefficient (Wildman–Crippen LogP) is 2.80. The number of nitrogens with two attached hydrogens (primary N) is 1. The molecule has 0 spiro atoms. The number of amides is 2. The van der Waals surface area contributed by atoms with Crippen molar-refractivity contribution in [1.29, 1.82) is 0 Å². The number of primary amides is 1. The number of thiazole rings is 1. The first kappa shape index (κ1) is 22.9. The topological polar surface area (TPSA) is 129 Å². The van der Waals surface area contributed by atoms with E-state index in [2.05, 4.69) is 20.1 Å². The second kappa shape index (κ2) is 9.18. The van der Waals surface area contributed by atoms with Crippen molar-refractivity contribution in [3.8, 4) is 5.69 Å². The van der Waals surface area contributed by atoms with Crippen molar-refractivity contribution in [1.82, 2.24) is 14.8 Å². The fourth-order valence-electron chi connectivity index (χ4n) is 2.72. The number of nitrogens with zero attached hydrogens (tertiary/aromatic N) is 3. The van der Waals surface area contributed by atoms with Crippen LogP contribution in [0.15, 0.2) is 35.8 Å². The Kier molecular flexibility index (Phi) is 6.58. The summed E-state index contributed by atoms with van der Waals surface area (Å²) in [5.41, 5.74) is 3.64. The smallest absolute Gasteiger partial charge is 0.434 e. The number of hydrogen-bond acceptors (Lipinski definition) is 7. The zero-order valence-corrected chi connectivity index (χ0v) is 17.3. The summed E-state index contributed by atoms with van der Waals surface area (Å²) in [6.45, 7) is 1.39. The highest BCUT2D eigenvalue weighted by Gasteiger charge is 2.41. The van der Waals surface area contributed by atoms with E-state index in [1.165, 1.54) is 31.2 Å². The van der Waals surface area contributed by atoms with Gasteiger partial charge in [0.2, 0.25) is 5.91 Å². The van der Waals surface area contributed by atoms with Gasteiger partial charge in [0.05, 0.1) is 30.6 Å². The number of carbonyl (C=O) groups is 3. The lowest BCUT2D eigenvalue weighted by Gasteiger charge is -2.12. The van der Waals surface area contributed by atoms with E-state index in [-0.39, 0.29) is 29.4 Å². The van der Waals surface area contributed by atoms with Crippen LogP contribution in [0.2, 0.25) is 0 Å². The third kappa shape index (κ3) is 5.11. The molecule has 168 valence electrons. The van der Waals surface area contributed by atoms with Gasteiger partial charge in [0.1, 0.15) is 5.56 Å². The van der Waals surface area contributed by atoms with Crippen molar-refractivity contribution in [3.63, 3.8) is 0 Å². The van der Waals surface area contributed by atoms with Crippen LogP contribution in [0, 0.1) is 0 Å². The van der Waals surface area contributed by atoms with Crippen LogP contribution in [0.1, 0.15) is 39.0 Å². The summed E-state index contributed by atoms with van der Waals surface area (Å²) in [7, 11) is 0. The lowest BCUT2D eigenvalue weighted by molar-refractivity contribution is -0.143. The molecular weight excluding hydrogens is 451 g/mol. The van der Waals surface area contributed by atoms with Gasteiger partial charge in [-0.15, -0.1) is 11.3 Å². The minimum absolute atomic E-state index is 0.0117. The molecule has 3 N–H and O–H groups in total. The highest BCUT2D eigenvalue weighted by molar-refractivity contribution is 7.14. The molecule has 32 heavy (non-hydrogen) atoms. The first-order valence-corrected chi connectivity index (χ1v) is 9.95. The van der Waals surface area contributed by atoms with Crippen LogP contribution < -0.4 is 11.1 Å². The first-order chi connectivity index (χ1) is 15.1. The normalized spacial score (nSPS) is 11.2. The van der Waals surface area contributed by atoms with Gasteiger partial charge in [0, 0.05) is 10.9 Å². The number of ether oxygens (including phenoxy) is 1. The monoisotopic (exact) mass is 467 g/mol. The zero-order chi connectivity index (χ0) is 23.5. The Labute approximate surface area is 183 Å². The summed E-state index contributed by atoms with van der Waals surface area (Å²) in [6, 6.07) is 5.11. The molecule has 0 atom stereocenters. The largest absolute Gasteiger partial charge is 0.462 e. The highest BCUT2D eigenvalue weighted by atomic mass is 32.1. The van der Waals surface area contributed by atoms with Crippen molar-refractivity contribution < 1.29 is 32.3 Å². The summed E-state index contributed by atoms with van der Waals surface area (Å²) >= 11 is 1.09. The summed E-state index contributed by atoms with van der Waals surface area (Å²) in [5.74, 6) is -2.26. The van der Waals surface area contributed by atoms with E-state index in [1.54, 1.807) is 5.38 Å². The second-order valence-corrected chi connectivity index (χ2v) is 7.18. The number of benzene rings is 1. The molecule has 0 fully saturated rings. The van der Waals surface area contributed by atoms with E-state index in [0.717, 1.165) is 17.5 Å². The highest BCUT2D eigenvalue weighted by Crippen LogP contribution is 2.34. The van der Waals surface area contributed by atoms with Crippen molar-refractivity contribution in [2.24, 2.45) is 5.73 Å². The first-order valence-electron chi connectivity index (χ1n) is 9.07. The molecule has 3 rings (SSSR count). The van der Waals surface area contributed by atoms with Gasteiger partial charge in [-0.3, -0.25) is 14.9 Å². The van der Waals surface area contributed by atoms with Crippen molar-refractivity contribution >= 4 is 34.3 Å². The Morgan fingerprint density at radius 2 is 1.91 bits per heavy atom. The van der Waals surface area contributed by atoms with Crippen LogP contribution in [-0.4, -0.2) is 39.2 Å². The van der Waals surface area contributed by atoms with E-state index in [9.17, 15) is 27.6 Å². The Hall–Kier alpha value is -3.74. The summed E-state index contributed by atoms with van der Waals surface area (Å²) in [6.07, 6.45) is -4.16. The van der Waals surface area contributed by atoms with E-state index >= 15 is 0 Å². The molecule has 13 heteroatoms. The molecular formula is C19H16F3N5O4S. The molecule has 0 unspecified atom stereocenters. The number of carbonyl (C=O) groups excluding carboxylic acids is 3. The van der Waals surface area contributed by atoms with Gasteiger partial charge in [0.25, 0.3) is 5.91 Å². The molecule has 0 saturated heterocycles. The molecule has 3 aromatic rings. The van der Waals surface area contributed by atoms with Gasteiger partial charge in [-0.1, -0.05) is 0 Å². The molecule has 1 aromatic carbocycles. The zero-order valence-electron chi connectivity index (χ0n) is 16.5. The van der Waals surface area contributed by atoms with Crippen molar-refractivity contribution in [3.05, 3.63) is 58.4 Å². The molecule has 2 heterocycles. The number of esters is 1. The van der Waals surface area contributed by atoms with Crippen molar-refractivity contribution in [2.75, 3.05) is 11.9 Å². The molecule has 9 nitrogen and oxygen atoms in total. The number of hydrogen-bond donors (Lipinski definition) is 2. The maximum Gasteiger partial charge on any atom is 0.434 e. The van der Waals surface area contributed by atoms with E-state index in [4.69, 9.17) is 5.73 Å². The van der Waals surface area contributed by atoms with Crippen LogP contribution in [0.5, 0.6) is 0 Å². The number of rotatable bonds is 7. The number of nitrogens with one attached hydrogen (secondary N) is 1. The maximum atomic E-state index is 13.6. The number of aromatic nitrogens is 3. The predicted molar refractivity (Wildman–Crippen MR) is 107 cm³/mol. The van der Waals surface area contributed by atoms with Crippen LogP contribution in [0.25, 0.3) is 5.69 Å². The van der Waals surface area contributed by atoms with Crippen LogP contribution in [0.4, 0.5) is 18.3 Å². The molecule has 0 saturated carbocycles. The van der Waals surface area contributed by atoms with Gasteiger partial charge in [-0.2, -0.15) is 18.3 Å². The molecule has 0 aliphatic rings. The maximum absolute atomic E-state index is 13.6. The fraction of sp³-hybridized carbons (Fsp3) is 0.211.